The number of amides is 3. The fraction of sp³-hybridized carbons (Fsp3) is 0.312. The molecule has 0 bridgehead atoms. The molecule has 3 amide bonds. The van der Waals surface area contributed by atoms with Gasteiger partial charge in [-0.15, -0.1) is 11.3 Å². The highest BCUT2D eigenvalue weighted by Gasteiger charge is 2.17. The van der Waals surface area contributed by atoms with Crippen molar-refractivity contribution in [2.75, 3.05) is 5.32 Å². The lowest BCUT2D eigenvalue weighted by molar-refractivity contribution is -0.117. The van der Waals surface area contributed by atoms with Crippen molar-refractivity contribution in [3.05, 3.63) is 46.2 Å². The summed E-state index contributed by atoms with van der Waals surface area (Å²) in [5.74, 6) is -0.653. The number of nitrogens with one attached hydrogen (secondary N) is 2. The van der Waals surface area contributed by atoms with E-state index in [1.165, 1.54) is 23.5 Å². The Morgan fingerprint density at radius 1 is 1.38 bits per heavy atom. The summed E-state index contributed by atoms with van der Waals surface area (Å²) >= 11 is 1.31. The summed E-state index contributed by atoms with van der Waals surface area (Å²) in [6.07, 6.45) is 0.0383. The topological polar surface area (TPSA) is 97.1 Å². The molecule has 4 N–H and O–H groups in total. The zero-order chi connectivity index (χ0) is 17.7. The lowest BCUT2D eigenvalue weighted by Gasteiger charge is -2.05. The quantitative estimate of drug-likeness (QED) is 0.747. The van der Waals surface area contributed by atoms with Crippen molar-refractivity contribution in [2.45, 2.75) is 32.7 Å². The smallest absolute Gasteiger partial charge is 0.321 e. The molecule has 2 aromatic rings. The number of halogens is 1. The fourth-order valence-corrected chi connectivity index (χ4v) is 3.11. The van der Waals surface area contributed by atoms with Crippen LogP contribution in [-0.2, 0) is 17.8 Å². The third-order valence-electron chi connectivity index (χ3n) is 3.16. The van der Waals surface area contributed by atoms with Gasteiger partial charge in [0.15, 0.2) is 5.13 Å². The summed E-state index contributed by atoms with van der Waals surface area (Å²) in [5, 5.41) is 5.65. The Morgan fingerprint density at radius 2 is 2.12 bits per heavy atom. The number of primary amides is 1. The van der Waals surface area contributed by atoms with Crippen molar-refractivity contribution in [1.29, 1.82) is 0 Å². The SMILES string of the molecule is CC(C)c1sc(NC(=O)NCc2cccc(F)c2)nc1CC(N)=O. The third kappa shape index (κ3) is 5.02. The van der Waals surface area contributed by atoms with Gasteiger partial charge >= 0.3 is 6.03 Å². The predicted molar refractivity (Wildman–Crippen MR) is 91.4 cm³/mol. The normalized spacial score (nSPS) is 10.7. The third-order valence-corrected chi connectivity index (χ3v) is 4.47. The molecule has 2 rings (SSSR count). The summed E-state index contributed by atoms with van der Waals surface area (Å²) in [6, 6.07) is 5.54. The van der Waals surface area contributed by atoms with E-state index in [0.29, 0.717) is 16.4 Å². The van der Waals surface area contributed by atoms with Crippen LogP contribution in [0.3, 0.4) is 0 Å². The second-order valence-electron chi connectivity index (χ2n) is 5.57. The Balaban J connectivity index is 1.99. The summed E-state index contributed by atoms with van der Waals surface area (Å²) in [6.45, 7) is 4.15. The van der Waals surface area contributed by atoms with E-state index in [9.17, 15) is 14.0 Å². The minimum absolute atomic E-state index is 0.0383. The lowest BCUT2D eigenvalue weighted by atomic mass is 10.1. The standard InChI is InChI=1S/C16H19FN4O2S/c1-9(2)14-12(7-13(18)22)20-16(24-14)21-15(23)19-8-10-4-3-5-11(17)6-10/h3-6,9H,7-8H2,1-2H3,(H2,18,22)(H2,19,20,21,23). The summed E-state index contributed by atoms with van der Waals surface area (Å²) in [7, 11) is 0. The Labute approximate surface area is 143 Å². The average molecular weight is 350 g/mol. The van der Waals surface area contributed by atoms with Gasteiger partial charge in [-0.05, 0) is 23.6 Å². The number of anilines is 1. The number of aromatic nitrogens is 1. The monoisotopic (exact) mass is 350 g/mol. The van der Waals surface area contributed by atoms with E-state index in [2.05, 4.69) is 15.6 Å². The van der Waals surface area contributed by atoms with Crippen LogP contribution >= 0.6 is 11.3 Å². The van der Waals surface area contributed by atoms with E-state index >= 15 is 0 Å². The first-order chi connectivity index (χ1) is 11.3. The molecule has 0 saturated carbocycles. The van der Waals surface area contributed by atoms with Crippen LogP contribution in [0.2, 0.25) is 0 Å². The van der Waals surface area contributed by atoms with Crippen molar-refractivity contribution >= 4 is 28.4 Å². The zero-order valence-electron chi connectivity index (χ0n) is 13.4. The van der Waals surface area contributed by atoms with E-state index in [-0.39, 0.29) is 24.7 Å². The molecule has 0 aliphatic carbocycles. The number of nitrogens with zero attached hydrogens (tertiary/aromatic N) is 1. The van der Waals surface area contributed by atoms with Crippen LogP contribution in [0, 0.1) is 5.82 Å². The fourth-order valence-electron chi connectivity index (χ4n) is 2.13. The average Bonchev–Trinajstić information content (AvgIpc) is 2.87. The molecule has 0 atom stereocenters. The van der Waals surface area contributed by atoms with Crippen LogP contribution in [0.5, 0.6) is 0 Å². The van der Waals surface area contributed by atoms with E-state index in [1.54, 1.807) is 12.1 Å². The minimum Gasteiger partial charge on any atom is -0.369 e. The highest BCUT2D eigenvalue weighted by Crippen LogP contribution is 2.30. The van der Waals surface area contributed by atoms with E-state index in [1.807, 2.05) is 13.8 Å². The largest absolute Gasteiger partial charge is 0.369 e. The van der Waals surface area contributed by atoms with Crippen LogP contribution < -0.4 is 16.4 Å². The molecule has 24 heavy (non-hydrogen) atoms. The van der Waals surface area contributed by atoms with Crippen LogP contribution in [0.4, 0.5) is 14.3 Å². The Bertz CT molecular complexity index is 745. The first kappa shape index (κ1) is 17.9. The Hall–Kier alpha value is -2.48. The first-order valence-electron chi connectivity index (χ1n) is 7.42. The highest BCUT2D eigenvalue weighted by atomic mass is 32.1. The summed E-state index contributed by atoms with van der Waals surface area (Å²) in [4.78, 5) is 28.2. The summed E-state index contributed by atoms with van der Waals surface area (Å²) in [5.41, 5.74) is 6.46. The number of benzene rings is 1. The van der Waals surface area contributed by atoms with Gasteiger partial charge in [0, 0.05) is 11.4 Å². The second kappa shape index (κ2) is 7.87. The molecule has 1 aromatic carbocycles. The van der Waals surface area contributed by atoms with E-state index in [0.717, 1.165) is 4.88 Å². The molecule has 0 radical (unpaired) electrons. The maximum absolute atomic E-state index is 13.1. The molecule has 6 nitrogen and oxygen atoms in total. The lowest BCUT2D eigenvalue weighted by Crippen LogP contribution is -2.28. The van der Waals surface area contributed by atoms with Gasteiger partial charge < -0.3 is 11.1 Å². The minimum atomic E-state index is -0.468. The zero-order valence-corrected chi connectivity index (χ0v) is 14.2. The van der Waals surface area contributed by atoms with Crippen LogP contribution in [0.25, 0.3) is 0 Å². The molecular weight excluding hydrogens is 331 g/mol. The number of nitrogens with two attached hydrogens (primary N) is 1. The number of carbonyl (C=O) groups excluding carboxylic acids is 2. The maximum atomic E-state index is 13.1. The molecule has 1 aromatic heterocycles. The van der Waals surface area contributed by atoms with Crippen LogP contribution in [0.15, 0.2) is 24.3 Å². The van der Waals surface area contributed by atoms with Gasteiger partial charge in [-0.25, -0.2) is 14.2 Å². The molecule has 0 aliphatic heterocycles. The van der Waals surface area contributed by atoms with Crippen molar-refractivity contribution < 1.29 is 14.0 Å². The number of thiazole rings is 1. The number of hydrogen-bond donors (Lipinski definition) is 3. The van der Waals surface area contributed by atoms with Crippen molar-refractivity contribution in [3.63, 3.8) is 0 Å². The number of rotatable bonds is 6. The number of urea groups is 1. The van der Waals surface area contributed by atoms with Gasteiger partial charge in [0.2, 0.25) is 5.91 Å². The van der Waals surface area contributed by atoms with E-state index in [4.69, 9.17) is 5.73 Å². The van der Waals surface area contributed by atoms with Crippen molar-refractivity contribution in [1.82, 2.24) is 10.3 Å². The Kier molecular flexibility index (Phi) is 5.86. The Morgan fingerprint density at radius 3 is 2.75 bits per heavy atom. The van der Waals surface area contributed by atoms with Gasteiger partial charge in [0.1, 0.15) is 5.82 Å². The molecule has 0 aliphatic rings. The van der Waals surface area contributed by atoms with Crippen LogP contribution in [0.1, 0.15) is 35.9 Å². The van der Waals surface area contributed by atoms with Crippen molar-refractivity contribution in [2.24, 2.45) is 5.73 Å². The number of carbonyl (C=O) groups is 2. The summed E-state index contributed by atoms with van der Waals surface area (Å²) < 4.78 is 13.1. The van der Waals surface area contributed by atoms with Gasteiger partial charge in [-0.1, -0.05) is 26.0 Å². The van der Waals surface area contributed by atoms with Crippen molar-refractivity contribution in [3.8, 4) is 0 Å². The highest BCUT2D eigenvalue weighted by molar-refractivity contribution is 7.16. The molecule has 128 valence electrons. The molecule has 0 saturated heterocycles. The van der Waals surface area contributed by atoms with Crippen LogP contribution in [-0.4, -0.2) is 16.9 Å². The van der Waals surface area contributed by atoms with E-state index < -0.39 is 11.9 Å². The maximum Gasteiger partial charge on any atom is 0.321 e. The van der Waals surface area contributed by atoms with Gasteiger partial charge in [0.05, 0.1) is 12.1 Å². The predicted octanol–water partition coefficient (Wildman–Crippen LogP) is 2.76. The first-order valence-corrected chi connectivity index (χ1v) is 8.24. The molecule has 1 heterocycles. The molecule has 0 spiro atoms. The molecule has 8 heteroatoms. The van der Waals surface area contributed by atoms with Gasteiger partial charge in [-0.2, -0.15) is 0 Å². The molecular formula is C16H19FN4O2S. The van der Waals surface area contributed by atoms with Gasteiger partial charge in [0.25, 0.3) is 0 Å². The molecule has 0 fully saturated rings. The second-order valence-corrected chi connectivity index (χ2v) is 6.60. The number of hydrogen-bond acceptors (Lipinski definition) is 4. The molecule has 0 unspecified atom stereocenters. The van der Waals surface area contributed by atoms with Gasteiger partial charge in [-0.3, -0.25) is 10.1 Å².